The molecular formula is C23H28N2O5S. The number of ketones is 1. The van der Waals surface area contributed by atoms with Crippen molar-refractivity contribution < 1.29 is 22.7 Å². The Kier molecular flexibility index (Phi) is 7.12. The molecule has 8 heteroatoms. The highest BCUT2D eigenvalue weighted by molar-refractivity contribution is 7.89. The number of rotatable bonds is 7. The first-order valence-corrected chi connectivity index (χ1v) is 11.8. The number of anilines is 1. The average Bonchev–Trinajstić information content (AvgIpc) is 2.72. The Bertz CT molecular complexity index is 1020. The van der Waals surface area contributed by atoms with Crippen LogP contribution < -0.4 is 10.1 Å². The highest BCUT2D eigenvalue weighted by atomic mass is 32.2. The Morgan fingerprint density at radius 2 is 1.58 bits per heavy atom. The van der Waals surface area contributed by atoms with Gasteiger partial charge in [0.1, 0.15) is 5.75 Å². The molecule has 1 aliphatic rings. The number of nitrogens with one attached hydrogen (secondary N) is 1. The van der Waals surface area contributed by atoms with Crippen molar-refractivity contribution >= 4 is 27.4 Å². The fourth-order valence-corrected chi connectivity index (χ4v) is 5.72. The normalized spacial score (nSPS) is 19.6. The van der Waals surface area contributed by atoms with E-state index in [0.717, 1.165) is 19.3 Å². The maximum Gasteiger partial charge on any atom is 0.262 e. The largest absolute Gasteiger partial charge is 0.484 e. The fourth-order valence-electron chi connectivity index (χ4n) is 3.84. The predicted molar refractivity (Wildman–Crippen MR) is 119 cm³/mol. The van der Waals surface area contributed by atoms with Crippen molar-refractivity contribution in [3.8, 4) is 5.75 Å². The molecule has 0 bridgehead atoms. The first-order chi connectivity index (χ1) is 14.7. The van der Waals surface area contributed by atoms with Crippen LogP contribution in [-0.2, 0) is 14.8 Å². The van der Waals surface area contributed by atoms with Gasteiger partial charge in [0, 0.05) is 23.3 Å². The molecule has 1 saturated heterocycles. The van der Waals surface area contributed by atoms with E-state index >= 15 is 0 Å². The quantitative estimate of drug-likeness (QED) is 0.655. The standard InChI is InChI=1S/C23H28N2O5S/c1-16-5-4-6-17(2)25(16)31(28,29)22-13-9-20(10-14-22)24-23(27)15-30-21-11-7-19(8-12-21)18(3)26/h7-14,16-17H,4-6,15H2,1-3H3,(H,24,27)/t16-,17+. The van der Waals surface area contributed by atoms with E-state index in [1.54, 1.807) is 40.7 Å². The van der Waals surface area contributed by atoms with E-state index in [2.05, 4.69) is 5.32 Å². The van der Waals surface area contributed by atoms with Gasteiger partial charge in [-0.05, 0) is 82.1 Å². The van der Waals surface area contributed by atoms with Gasteiger partial charge in [-0.1, -0.05) is 6.42 Å². The Hall–Kier alpha value is -2.71. The average molecular weight is 445 g/mol. The van der Waals surface area contributed by atoms with Gasteiger partial charge in [-0.25, -0.2) is 8.42 Å². The first kappa shape index (κ1) is 23.0. The third kappa shape index (κ3) is 5.51. The molecule has 166 valence electrons. The highest BCUT2D eigenvalue weighted by Gasteiger charge is 2.35. The Morgan fingerprint density at radius 3 is 2.13 bits per heavy atom. The topological polar surface area (TPSA) is 92.8 Å². The molecular weight excluding hydrogens is 416 g/mol. The SMILES string of the molecule is CC(=O)c1ccc(OCC(=O)Nc2ccc(S(=O)(=O)N3[C@H](C)CCC[C@@H]3C)cc2)cc1. The summed E-state index contributed by atoms with van der Waals surface area (Å²) in [5.41, 5.74) is 1.06. The lowest BCUT2D eigenvalue weighted by Gasteiger charge is -2.37. The van der Waals surface area contributed by atoms with Gasteiger partial charge >= 0.3 is 0 Å². The maximum atomic E-state index is 13.1. The van der Waals surface area contributed by atoms with Gasteiger partial charge in [-0.3, -0.25) is 9.59 Å². The molecule has 1 fully saturated rings. The van der Waals surface area contributed by atoms with Crippen molar-refractivity contribution in [1.29, 1.82) is 0 Å². The molecule has 0 aromatic heterocycles. The van der Waals surface area contributed by atoms with Crippen LogP contribution in [0.15, 0.2) is 53.4 Å². The summed E-state index contributed by atoms with van der Waals surface area (Å²) in [6.45, 7) is 5.15. The number of ether oxygens (including phenoxy) is 1. The van der Waals surface area contributed by atoms with Gasteiger partial charge in [-0.15, -0.1) is 0 Å². The number of Topliss-reactive ketones (excluding diaryl/α,β-unsaturated/α-hetero) is 1. The summed E-state index contributed by atoms with van der Waals surface area (Å²) < 4.78 is 33.2. The van der Waals surface area contributed by atoms with E-state index in [9.17, 15) is 18.0 Å². The van der Waals surface area contributed by atoms with Gasteiger partial charge in [0.15, 0.2) is 12.4 Å². The van der Waals surface area contributed by atoms with Gasteiger partial charge < -0.3 is 10.1 Å². The zero-order chi connectivity index (χ0) is 22.6. The lowest BCUT2D eigenvalue weighted by molar-refractivity contribution is -0.118. The summed E-state index contributed by atoms with van der Waals surface area (Å²) >= 11 is 0. The second-order valence-corrected chi connectivity index (χ2v) is 9.75. The number of amides is 1. The molecule has 7 nitrogen and oxygen atoms in total. The number of hydrogen-bond acceptors (Lipinski definition) is 5. The summed E-state index contributed by atoms with van der Waals surface area (Å²) in [4.78, 5) is 23.7. The lowest BCUT2D eigenvalue weighted by Crippen LogP contribution is -2.47. The summed E-state index contributed by atoms with van der Waals surface area (Å²) in [6.07, 6.45) is 2.74. The van der Waals surface area contributed by atoms with E-state index in [-0.39, 0.29) is 35.3 Å². The molecule has 1 aliphatic heterocycles. The second kappa shape index (κ2) is 9.62. The van der Waals surface area contributed by atoms with Crippen LogP contribution in [0.4, 0.5) is 5.69 Å². The number of sulfonamides is 1. The van der Waals surface area contributed by atoms with Crippen LogP contribution in [0.1, 0.15) is 50.4 Å². The molecule has 31 heavy (non-hydrogen) atoms. The van der Waals surface area contributed by atoms with E-state index in [1.807, 2.05) is 13.8 Å². The molecule has 0 radical (unpaired) electrons. The Balaban J connectivity index is 1.59. The molecule has 0 unspecified atom stereocenters. The van der Waals surface area contributed by atoms with E-state index < -0.39 is 10.0 Å². The summed E-state index contributed by atoms with van der Waals surface area (Å²) in [5.74, 6) is 0.0647. The van der Waals surface area contributed by atoms with Crippen LogP contribution in [-0.4, -0.2) is 43.1 Å². The number of nitrogens with zero attached hydrogens (tertiary/aromatic N) is 1. The molecule has 0 spiro atoms. The van der Waals surface area contributed by atoms with Crippen LogP contribution in [0, 0.1) is 0 Å². The number of benzene rings is 2. The molecule has 0 saturated carbocycles. The minimum atomic E-state index is -3.59. The third-order valence-corrected chi connectivity index (χ3v) is 7.60. The minimum absolute atomic E-state index is 0.0326. The predicted octanol–water partition coefficient (Wildman–Crippen LogP) is 3.86. The van der Waals surface area contributed by atoms with E-state index in [1.165, 1.54) is 19.1 Å². The highest BCUT2D eigenvalue weighted by Crippen LogP contribution is 2.30. The van der Waals surface area contributed by atoms with E-state index in [4.69, 9.17) is 4.74 Å². The zero-order valence-corrected chi connectivity index (χ0v) is 18.8. The summed E-state index contributed by atoms with van der Waals surface area (Å²) in [6, 6.07) is 12.7. The van der Waals surface area contributed by atoms with Crippen LogP contribution in [0.3, 0.4) is 0 Å². The molecule has 2 aromatic carbocycles. The first-order valence-electron chi connectivity index (χ1n) is 10.4. The molecule has 2 aromatic rings. The third-order valence-electron chi connectivity index (χ3n) is 5.46. The Morgan fingerprint density at radius 1 is 1.00 bits per heavy atom. The summed E-state index contributed by atoms with van der Waals surface area (Å²) in [7, 11) is -3.59. The van der Waals surface area contributed by atoms with Gasteiger partial charge in [0.25, 0.3) is 5.91 Å². The van der Waals surface area contributed by atoms with Crippen LogP contribution in [0.2, 0.25) is 0 Å². The Labute approximate surface area is 183 Å². The van der Waals surface area contributed by atoms with Crippen LogP contribution in [0.25, 0.3) is 0 Å². The van der Waals surface area contributed by atoms with Crippen molar-refractivity contribution in [2.45, 2.75) is 57.0 Å². The van der Waals surface area contributed by atoms with Crippen molar-refractivity contribution in [1.82, 2.24) is 4.31 Å². The number of piperidine rings is 1. The maximum absolute atomic E-state index is 13.1. The number of carbonyl (C=O) groups is 2. The van der Waals surface area contributed by atoms with Crippen molar-refractivity contribution in [2.24, 2.45) is 0 Å². The molecule has 1 heterocycles. The van der Waals surface area contributed by atoms with Gasteiger partial charge in [-0.2, -0.15) is 4.31 Å². The van der Waals surface area contributed by atoms with E-state index in [0.29, 0.717) is 17.0 Å². The van der Waals surface area contributed by atoms with Crippen LogP contribution >= 0.6 is 0 Å². The molecule has 2 atom stereocenters. The van der Waals surface area contributed by atoms with Crippen molar-refractivity contribution in [2.75, 3.05) is 11.9 Å². The fraction of sp³-hybridized carbons (Fsp3) is 0.391. The summed E-state index contributed by atoms with van der Waals surface area (Å²) in [5, 5.41) is 2.69. The minimum Gasteiger partial charge on any atom is -0.484 e. The van der Waals surface area contributed by atoms with Gasteiger partial charge in [0.2, 0.25) is 10.0 Å². The van der Waals surface area contributed by atoms with Crippen molar-refractivity contribution in [3.05, 3.63) is 54.1 Å². The number of hydrogen-bond donors (Lipinski definition) is 1. The smallest absolute Gasteiger partial charge is 0.262 e. The molecule has 0 aliphatic carbocycles. The van der Waals surface area contributed by atoms with Crippen LogP contribution in [0.5, 0.6) is 5.75 Å². The van der Waals surface area contributed by atoms with Crippen molar-refractivity contribution in [3.63, 3.8) is 0 Å². The molecule has 1 N–H and O–H groups in total. The number of carbonyl (C=O) groups excluding carboxylic acids is 2. The molecule has 3 rings (SSSR count). The zero-order valence-electron chi connectivity index (χ0n) is 18.0. The molecule has 1 amide bonds. The monoisotopic (exact) mass is 444 g/mol. The lowest BCUT2D eigenvalue weighted by atomic mass is 10.0. The van der Waals surface area contributed by atoms with Gasteiger partial charge in [0.05, 0.1) is 4.90 Å². The second-order valence-electron chi connectivity index (χ2n) is 7.91.